The third-order valence-corrected chi connectivity index (χ3v) is 20.9. The van der Waals surface area contributed by atoms with Crippen LogP contribution in [0.5, 0.6) is 23.0 Å². The Morgan fingerprint density at radius 2 is 0.527 bits per heavy atom. The number of fused-ring (bicyclic) bond motifs is 2. The minimum atomic E-state index is -0.660. The highest BCUT2D eigenvalue weighted by Crippen LogP contribution is 2.35. The van der Waals surface area contributed by atoms with Crippen molar-refractivity contribution in [1.82, 2.24) is 105 Å². The van der Waals surface area contributed by atoms with Gasteiger partial charge in [0.15, 0.2) is 0 Å². The highest BCUT2D eigenvalue weighted by molar-refractivity contribution is 5.94. The molecule has 41 nitrogen and oxygen atoms in total. The molecule has 0 saturated carbocycles. The van der Waals surface area contributed by atoms with Crippen LogP contribution in [-0.2, 0) is 36.5 Å². The van der Waals surface area contributed by atoms with Gasteiger partial charge in [-0.15, -0.1) is 0 Å². The molecular formula is C105H121N33O8. The average Bonchev–Trinajstić information content (AvgIpc) is 1.44. The van der Waals surface area contributed by atoms with Crippen molar-refractivity contribution in [2.45, 2.75) is 131 Å². The molecule has 8 aromatic carbocycles. The number of phenols is 2. The number of benzene rings is 8. The van der Waals surface area contributed by atoms with E-state index in [0.29, 0.717) is 94.2 Å². The van der Waals surface area contributed by atoms with Crippen LogP contribution in [0, 0.1) is 0 Å². The number of rotatable bonds is 26. The predicted molar refractivity (Wildman–Crippen MR) is 573 cm³/mol. The molecule has 0 fully saturated rings. The van der Waals surface area contributed by atoms with Crippen molar-refractivity contribution in [2.24, 2.45) is 0 Å². The maximum absolute atomic E-state index is 11.7. The standard InChI is InChI=1S/C23H31N7.C23H25N5O6.C21H21N9.C21H25N5O2.C17H19N7/c1-23(2,3)20-26-21(24-16-8-12-18(13-9-16)29(4)5)28-22(27-20)25-17-10-14-19(15-11-17)30(6)7;1-23(2,3)20-26-21(24-12-6-8-14(16(29)10-12)18(31)33-4)28-22(27-20)25-13-7-9-15(17(30)11-13)19(32)34-5;1-21(2,3)16-26-19(28-17-22-12-8-4-5-9-13(12)23-17)30-20(27-16)29-18-24-14-10-6-7-11-15(14)25-18;1-21(2,3)18-24-19(22-14-6-10-16(27-4)11-7-14)26-20(25-18)23-15-8-12-17(28-5)13-9-15;1-17(2,3)14-22-15(20-12-6-4-8-18-10-12)24-16(23-14)21-13-7-5-9-19-11-13/h8-15H,1-7H3,(H2,24,25,26,27,28);6-11,29-30H,1-5H3,(H2,24,25,26,27,28);4-11H,1-3H3,(H4,22,23,24,25,26,27,28,29,30);6-13H,1-5H3,(H2,22,23,24,25,26);4-11H,1-3H3,(H2,20,21,22,23,24). The second-order valence-corrected chi connectivity index (χ2v) is 38.5. The van der Waals surface area contributed by atoms with Gasteiger partial charge in [0, 0.05) is 125 Å². The number of aromatic hydroxyl groups is 2. The fraction of sp³-hybridized carbons (Fsp3) is 0.267. The van der Waals surface area contributed by atoms with Crippen LogP contribution >= 0.6 is 0 Å². The first-order valence-electron chi connectivity index (χ1n) is 46.3. The SMILES string of the molecule is CC(C)(C)c1nc(Nc2cccnc2)nc(Nc2cccnc2)n1.CC(C)(C)c1nc(Nc2nc3ccccc3[nH]2)nc(Nc2nc3ccccc3[nH]2)n1.CN(C)c1ccc(Nc2nc(Nc3ccc(N(C)C)cc3)nc(C(C)(C)C)n2)cc1.COC(=O)c1ccc(Nc2nc(Nc3ccc(C(=O)OC)c(O)c3)nc(C(C)(C)C)n2)cc1O.COc1ccc(Nc2nc(Nc3ccc(OC)cc3)nc(C(C)(C)C)n2)cc1. The number of aromatic amines is 2. The van der Waals surface area contributed by atoms with E-state index in [4.69, 9.17) is 9.47 Å². The van der Waals surface area contributed by atoms with Crippen molar-refractivity contribution in [3.8, 4) is 23.0 Å². The summed E-state index contributed by atoms with van der Waals surface area (Å²) in [6, 6.07) is 63.3. The quantitative estimate of drug-likeness (QED) is 0.0224. The van der Waals surface area contributed by atoms with E-state index >= 15 is 0 Å². The lowest BCUT2D eigenvalue weighted by Gasteiger charge is -2.19. The Labute approximate surface area is 846 Å². The number of H-pyrrole nitrogens is 2. The summed E-state index contributed by atoms with van der Waals surface area (Å²) < 4.78 is 19.7. The number of imidazole rings is 2. The van der Waals surface area contributed by atoms with Crippen LogP contribution in [0.15, 0.2) is 231 Å². The second kappa shape index (κ2) is 46.5. The smallest absolute Gasteiger partial charge is 0.341 e. The summed E-state index contributed by atoms with van der Waals surface area (Å²) in [4.78, 5) is 119. The molecule has 0 bridgehead atoms. The number of methoxy groups -OCH3 is 4. The molecule has 17 aromatic rings. The highest BCUT2D eigenvalue weighted by atomic mass is 16.5. The summed E-state index contributed by atoms with van der Waals surface area (Å²) in [5, 5.41) is 52.0. The van der Waals surface area contributed by atoms with Crippen molar-refractivity contribution in [3.63, 3.8) is 0 Å². The number of phenolic OH excluding ortho intramolecular Hbond substituents is 2. The molecule has 754 valence electrons. The number of hydrogen-bond acceptors (Lipinski definition) is 39. The Kier molecular flexibility index (Phi) is 33.5. The summed E-state index contributed by atoms with van der Waals surface area (Å²) in [5.41, 5.74) is 10.7. The predicted octanol–water partition coefficient (Wildman–Crippen LogP) is 21.0. The Bertz CT molecular complexity index is 6830. The van der Waals surface area contributed by atoms with Gasteiger partial charge in [-0.3, -0.25) is 20.6 Å². The van der Waals surface area contributed by atoms with Crippen molar-refractivity contribution >= 4 is 162 Å². The van der Waals surface area contributed by atoms with E-state index in [9.17, 15) is 19.8 Å². The normalized spacial score (nSPS) is 11.2. The molecule has 0 aliphatic carbocycles. The number of ether oxygens (including phenoxy) is 4. The zero-order valence-electron chi connectivity index (χ0n) is 85.7. The second-order valence-electron chi connectivity index (χ2n) is 38.5. The number of pyridine rings is 2. The van der Waals surface area contributed by atoms with Crippen LogP contribution < -0.4 is 72.4 Å². The molecule has 0 unspecified atom stereocenters. The lowest BCUT2D eigenvalue weighted by atomic mass is 9.96. The number of anilines is 22. The maximum atomic E-state index is 11.7. The van der Waals surface area contributed by atoms with Gasteiger partial charge in [0.2, 0.25) is 71.4 Å². The van der Waals surface area contributed by atoms with Gasteiger partial charge in [-0.25, -0.2) is 19.6 Å². The number of esters is 2. The van der Waals surface area contributed by atoms with Crippen LogP contribution in [0.3, 0.4) is 0 Å². The Hall–Kier alpha value is -18.2. The molecule has 9 heterocycles. The number of aromatic nitrogens is 21. The molecule has 0 atom stereocenters. The van der Waals surface area contributed by atoms with Crippen LogP contribution in [0.25, 0.3) is 22.1 Å². The molecule has 0 saturated heterocycles. The van der Waals surface area contributed by atoms with Gasteiger partial charge < -0.3 is 91.5 Å². The van der Waals surface area contributed by atoms with Crippen molar-refractivity contribution < 1.29 is 38.7 Å². The number of hydrogen-bond donors (Lipinski definition) is 14. The molecule has 146 heavy (non-hydrogen) atoms. The first-order valence-corrected chi connectivity index (χ1v) is 46.3. The van der Waals surface area contributed by atoms with E-state index in [2.05, 4.69) is 284 Å². The molecule has 41 heteroatoms. The minimum Gasteiger partial charge on any atom is -0.507 e. The summed E-state index contributed by atoms with van der Waals surface area (Å²) in [7, 11) is 13.8. The van der Waals surface area contributed by atoms with Crippen LogP contribution in [0.1, 0.15) is 154 Å². The van der Waals surface area contributed by atoms with Gasteiger partial charge in [-0.2, -0.15) is 74.8 Å². The van der Waals surface area contributed by atoms with Crippen molar-refractivity contribution in [2.75, 3.05) is 120 Å². The maximum Gasteiger partial charge on any atom is 0.341 e. The van der Waals surface area contributed by atoms with E-state index in [1.165, 1.54) is 38.5 Å². The molecule has 0 radical (unpaired) electrons. The molecule has 0 spiro atoms. The molecular weight excluding hydrogens is 1850 g/mol. The van der Waals surface area contributed by atoms with Gasteiger partial charge in [0.05, 0.1) is 74.3 Å². The van der Waals surface area contributed by atoms with E-state index in [-0.39, 0.29) is 56.2 Å². The molecule has 0 aliphatic heterocycles. The fourth-order valence-corrected chi connectivity index (χ4v) is 13.1. The highest BCUT2D eigenvalue weighted by Gasteiger charge is 2.28. The van der Waals surface area contributed by atoms with E-state index in [1.54, 1.807) is 51.1 Å². The Morgan fingerprint density at radius 3 is 0.760 bits per heavy atom. The summed E-state index contributed by atoms with van der Waals surface area (Å²) in [6.07, 6.45) is 6.87. The Balaban J connectivity index is 0.000000153. The zero-order chi connectivity index (χ0) is 105. The van der Waals surface area contributed by atoms with Crippen LogP contribution in [-0.4, -0.2) is 183 Å². The van der Waals surface area contributed by atoms with Crippen LogP contribution in [0.2, 0.25) is 0 Å². The average molecular weight is 1970 g/mol. The molecule has 14 N–H and O–H groups in total. The number of nitrogens with one attached hydrogen (secondary N) is 12. The fourth-order valence-electron chi connectivity index (χ4n) is 13.1. The lowest BCUT2D eigenvalue weighted by molar-refractivity contribution is 0.0588. The number of carbonyl (C=O) groups excluding carboxylic acids is 2. The summed E-state index contributed by atoms with van der Waals surface area (Å²) >= 11 is 0. The molecule has 17 rings (SSSR count). The van der Waals surface area contributed by atoms with Gasteiger partial charge in [0.25, 0.3) is 0 Å². The van der Waals surface area contributed by atoms with E-state index in [0.717, 1.165) is 84.9 Å². The number of carbonyl (C=O) groups is 2. The minimum absolute atomic E-state index is 0.0247. The largest absolute Gasteiger partial charge is 0.507 e. The first-order chi connectivity index (χ1) is 69.4. The molecule has 0 amide bonds. The van der Waals surface area contributed by atoms with Gasteiger partial charge >= 0.3 is 11.9 Å². The lowest BCUT2D eigenvalue weighted by Crippen LogP contribution is -2.19. The summed E-state index contributed by atoms with van der Waals surface area (Å²) in [5.74, 6) is 8.15. The molecule has 9 aromatic heterocycles. The van der Waals surface area contributed by atoms with Gasteiger partial charge in [0.1, 0.15) is 63.2 Å². The van der Waals surface area contributed by atoms with Gasteiger partial charge in [-0.1, -0.05) is 128 Å². The Morgan fingerprint density at radius 1 is 0.281 bits per heavy atom. The van der Waals surface area contributed by atoms with E-state index in [1.807, 2.05) is 195 Å². The third kappa shape index (κ3) is 29.9. The van der Waals surface area contributed by atoms with Crippen molar-refractivity contribution in [1.29, 1.82) is 0 Å². The topological polar surface area (TPSA) is 515 Å². The zero-order valence-corrected chi connectivity index (χ0v) is 85.7. The number of nitrogens with zero attached hydrogens (tertiary/aromatic N) is 21. The van der Waals surface area contributed by atoms with Crippen molar-refractivity contribution in [3.05, 3.63) is 271 Å². The van der Waals surface area contributed by atoms with Gasteiger partial charge in [-0.05, 0) is 170 Å². The van der Waals surface area contributed by atoms with E-state index < -0.39 is 17.4 Å². The third-order valence-electron chi connectivity index (χ3n) is 20.9. The first kappa shape index (κ1) is 105. The molecule has 0 aliphatic rings. The number of para-hydroxylation sites is 4. The summed E-state index contributed by atoms with van der Waals surface area (Å²) in [6.45, 7) is 30.6. The van der Waals surface area contributed by atoms with Crippen LogP contribution in [0.4, 0.5) is 128 Å². The monoisotopic (exact) mass is 1970 g/mol.